The second-order valence-corrected chi connectivity index (χ2v) is 10.9. The summed E-state index contributed by atoms with van der Waals surface area (Å²) in [6, 6.07) is 10.2. The first-order valence-corrected chi connectivity index (χ1v) is 12.6. The molecule has 1 aromatic heterocycles. The average Bonchev–Trinajstić information content (AvgIpc) is 3.50. The summed E-state index contributed by atoms with van der Waals surface area (Å²) in [5, 5.41) is 3.44. The quantitative estimate of drug-likeness (QED) is 0.645. The second kappa shape index (κ2) is 6.85. The molecule has 1 saturated heterocycles. The van der Waals surface area contributed by atoms with Gasteiger partial charge in [-0.25, -0.2) is 9.37 Å². The van der Waals surface area contributed by atoms with Gasteiger partial charge in [0, 0.05) is 34.6 Å². The molecule has 0 radical (unpaired) electrons. The first-order valence-electron chi connectivity index (χ1n) is 11.0. The monoisotopic (exact) mass is 457 g/mol. The summed E-state index contributed by atoms with van der Waals surface area (Å²) in [7, 11) is 0. The number of nitrogens with one attached hydrogen (secondary N) is 1. The highest BCUT2D eigenvalue weighted by Crippen LogP contribution is 2.66. The van der Waals surface area contributed by atoms with Crippen LogP contribution in [-0.2, 0) is 10.2 Å². The number of hydrogen-bond donors (Lipinski definition) is 1. The Bertz CT molecular complexity index is 1060. The molecule has 6 rings (SSSR count). The summed E-state index contributed by atoms with van der Waals surface area (Å²) in [6.07, 6.45) is 10.1. The maximum Gasteiger partial charge on any atom is 0.230 e. The van der Waals surface area contributed by atoms with Gasteiger partial charge in [0.15, 0.2) is 0 Å². The van der Waals surface area contributed by atoms with Crippen molar-refractivity contribution >= 4 is 35.1 Å². The van der Waals surface area contributed by atoms with E-state index >= 15 is 0 Å². The molecule has 162 valence electrons. The highest BCUT2D eigenvalue weighted by molar-refractivity contribution is 7.98. The van der Waals surface area contributed by atoms with Crippen molar-refractivity contribution in [3.05, 3.63) is 52.9 Å². The van der Waals surface area contributed by atoms with E-state index in [1.165, 1.54) is 23.8 Å². The molecule has 0 bridgehead atoms. The van der Waals surface area contributed by atoms with E-state index in [0.717, 1.165) is 37.1 Å². The van der Waals surface area contributed by atoms with Crippen molar-refractivity contribution in [1.82, 2.24) is 10.3 Å². The van der Waals surface area contributed by atoms with E-state index < -0.39 is 11.2 Å². The van der Waals surface area contributed by atoms with Crippen LogP contribution in [0.5, 0.6) is 0 Å². The van der Waals surface area contributed by atoms with Gasteiger partial charge in [-0.15, -0.1) is 11.8 Å². The Balaban J connectivity index is 1.17. The van der Waals surface area contributed by atoms with Crippen LogP contribution in [0.25, 0.3) is 0 Å². The van der Waals surface area contributed by atoms with Crippen LogP contribution >= 0.6 is 23.4 Å². The summed E-state index contributed by atoms with van der Waals surface area (Å²) in [5.41, 5.74) is 0.634. The van der Waals surface area contributed by atoms with Gasteiger partial charge in [0.05, 0.1) is 10.4 Å². The van der Waals surface area contributed by atoms with Gasteiger partial charge in [0.1, 0.15) is 11.6 Å². The third kappa shape index (κ3) is 2.80. The molecule has 1 spiro atoms. The first kappa shape index (κ1) is 19.9. The smallest absolute Gasteiger partial charge is 0.230 e. The van der Waals surface area contributed by atoms with E-state index in [9.17, 15) is 9.18 Å². The Morgan fingerprint density at radius 3 is 2.71 bits per heavy atom. The van der Waals surface area contributed by atoms with Gasteiger partial charge >= 0.3 is 0 Å². The van der Waals surface area contributed by atoms with Crippen molar-refractivity contribution in [3.8, 4) is 0 Å². The predicted molar refractivity (Wildman–Crippen MR) is 121 cm³/mol. The molecule has 1 N–H and O–H groups in total. The largest absolute Gasteiger partial charge is 0.352 e. The van der Waals surface area contributed by atoms with E-state index in [2.05, 4.69) is 28.6 Å². The van der Waals surface area contributed by atoms with Crippen molar-refractivity contribution in [1.29, 1.82) is 0 Å². The Morgan fingerprint density at radius 2 is 2.10 bits per heavy atom. The lowest BCUT2D eigenvalue weighted by Crippen LogP contribution is -2.75. The minimum atomic E-state index is -0.537. The standard InChI is InChI=1S/C24H25ClFN3OS/c1-31-16-3-5-21(27-13-16)29-19-6-7-24(19)12-15(11-20(24)29)28-22(30)23(8-9-23)14-2-4-18(26)17(25)10-14/h2-5,10,13,15,19-20H,6-9,11-12H2,1H3,(H,28,30). The van der Waals surface area contributed by atoms with Gasteiger partial charge in [-0.1, -0.05) is 17.7 Å². The molecule has 4 nitrogen and oxygen atoms in total. The number of thioether (sulfide) groups is 1. The highest BCUT2D eigenvalue weighted by atomic mass is 35.5. The third-order valence-electron chi connectivity index (χ3n) is 8.23. The van der Waals surface area contributed by atoms with Gasteiger partial charge in [-0.3, -0.25) is 4.79 Å². The molecule has 1 aromatic carbocycles. The predicted octanol–water partition coefficient (Wildman–Crippen LogP) is 4.94. The minimum absolute atomic E-state index is 0.0720. The van der Waals surface area contributed by atoms with E-state index in [4.69, 9.17) is 16.6 Å². The molecule has 2 heterocycles. The normalized spacial score (nSPS) is 31.8. The van der Waals surface area contributed by atoms with E-state index in [1.54, 1.807) is 23.9 Å². The molecule has 4 atom stereocenters. The van der Waals surface area contributed by atoms with Crippen molar-refractivity contribution < 1.29 is 9.18 Å². The number of hydrogen-bond acceptors (Lipinski definition) is 4. The van der Waals surface area contributed by atoms with Crippen LogP contribution < -0.4 is 10.2 Å². The summed E-state index contributed by atoms with van der Waals surface area (Å²) in [4.78, 5) is 21.6. The van der Waals surface area contributed by atoms with Crippen LogP contribution in [0.2, 0.25) is 5.02 Å². The fraction of sp³-hybridized carbons (Fsp3) is 0.500. The molecule has 3 saturated carbocycles. The van der Waals surface area contributed by atoms with Crippen LogP contribution in [-0.4, -0.2) is 35.3 Å². The SMILES string of the molecule is CSc1ccc(N2C3CCC34CC(NC(=O)C3(c5ccc(F)c(Cl)c5)CC3)CC24)nc1. The van der Waals surface area contributed by atoms with Crippen LogP contribution in [0.1, 0.15) is 44.1 Å². The Kier molecular flexibility index (Phi) is 4.39. The maximum absolute atomic E-state index is 13.6. The molecular formula is C24H25ClFN3OS. The lowest BCUT2D eigenvalue weighted by atomic mass is 9.53. The number of amides is 1. The molecule has 7 heteroatoms. The second-order valence-electron chi connectivity index (χ2n) is 9.59. The molecule has 31 heavy (non-hydrogen) atoms. The Hall–Kier alpha value is -1.79. The van der Waals surface area contributed by atoms with Gasteiger partial charge in [-0.05, 0) is 74.6 Å². The highest BCUT2D eigenvalue weighted by Gasteiger charge is 2.70. The van der Waals surface area contributed by atoms with Gasteiger partial charge in [-0.2, -0.15) is 0 Å². The fourth-order valence-electron chi connectivity index (χ4n) is 6.36. The number of anilines is 1. The number of rotatable bonds is 5. The molecule has 4 unspecified atom stereocenters. The lowest BCUT2D eigenvalue weighted by molar-refractivity contribution is -0.124. The zero-order valence-electron chi connectivity index (χ0n) is 17.4. The fourth-order valence-corrected chi connectivity index (χ4v) is 6.90. The van der Waals surface area contributed by atoms with E-state index in [1.807, 2.05) is 6.20 Å². The number of piperidine rings is 1. The zero-order valence-corrected chi connectivity index (χ0v) is 19.0. The third-order valence-corrected chi connectivity index (χ3v) is 9.23. The van der Waals surface area contributed by atoms with Gasteiger partial charge in [0.25, 0.3) is 0 Å². The number of benzene rings is 1. The zero-order chi connectivity index (χ0) is 21.4. The number of pyridine rings is 1. The lowest BCUT2D eigenvalue weighted by Gasteiger charge is -2.68. The van der Waals surface area contributed by atoms with Crippen molar-refractivity contribution in [2.45, 2.75) is 67.0 Å². The van der Waals surface area contributed by atoms with Crippen molar-refractivity contribution in [2.75, 3.05) is 11.2 Å². The molecule has 4 aliphatic rings. The van der Waals surface area contributed by atoms with Gasteiger partial charge < -0.3 is 10.2 Å². The van der Waals surface area contributed by atoms with Crippen LogP contribution in [0.15, 0.2) is 41.4 Å². The maximum atomic E-state index is 13.6. The molecule has 2 aromatic rings. The number of carbonyl (C=O) groups excluding carboxylic acids is 1. The van der Waals surface area contributed by atoms with Gasteiger partial charge in [0.2, 0.25) is 5.91 Å². The molecule has 1 amide bonds. The van der Waals surface area contributed by atoms with Crippen LogP contribution in [0.4, 0.5) is 10.2 Å². The minimum Gasteiger partial charge on any atom is -0.352 e. The topological polar surface area (TPSA) is 45.2 Å². The number of halogens is 2. The van der Waals surface area contributed by atoms with Crippen LogP contribution in [0.3, 0.4) is 0 Å². The summed E-state index contributed by atoms with van der Waals surface area (Å²) < 4.78 is 13.6. The van der Waals surface area contributed by atoms with Crippen molar-refractivity contribution in [2.24, 2.45) is 5.41 Å². The molecule has 3 aliphatic carbocycles. The summed E-state index contributed by atoms with van der Waals surface area (Å²) in [6.45, 7) is 0. The number of nitrogens with zero attached hydrogens (tertiary/aromatic N) is 2. The Morgan fingerprint density at radius 1 is 1.26 bits per heavy atom. The average molecular weight is 458 g/mol. The van der Waals surface area contributed by atoms with E-state index in [0.29, 0.717) is 17.5 Å². The molecule has 4 fully saturated rings. The van der Waals surface area contributed by atoms with Crippen molar-refractivity contribution in [3.63, 3.8) is 0 Å². The summed E-state index contributed by atoms with van der Waals surface area (Å²) >= 11 is 7.69. The Labute approximate surface area is 190 Å². The molecular weight excluding hydrogens is 433 g/mol. The molecule has 1 aliphatic heterocycles. The van der Waals surface area contributed by atoms with E-state index in [-0.39, 0.29) is 17.0 Å². The van der Waals surface area contributed by atoms with Crippen LogP contribution in [0, 0.1) is 11.2 Å². The summed E-state index contributed by atoms with van der Waals surface area (Å²) in [5.74, 6) is 0.695. The first-order chi connectivity index (χ1) is 15.0. The number of aromatic nitrogens is 1. The number of carbonyl (C=O) groups is 1.